The lowest BCUT2D eigenvalue weighted by atomic mass is 9.82. The maximum absolute atomic E-state index is 2.51. The van der Waals surface area contributed by atoms with E-state index >= 15 is 0 Å². The average Bonchev–Trinajstić information content (AvgIpc) is 3.76. The molecule has 9 aromatic carbocycles. The molecule has 0 saturated carbocycles. The van der Waals surface area contributed by atoms with Crippen molar-refractivity contribution < 1.29 is 0 Å². The largest absolute Gasteiger partial charge is 0.309 e. The summed E-state index contributed by atoms with van der Waals surface area (Å²) < 4.78 is 2.46. The van der Waals surface area contributed by atoms with Gasteiger partial charge in [0.25, 0.3) is 0 Å². The van der Waals surface area contributed by atoms with Crippen molar-refractivity contribution >= 4 is 38.9 Å². The maximum Gasteiger partial charge on any atom is 0.0562 e. The van der Waals surface area contributed by atoms with Crippen molar-refractivity contribution in [2.45, 2.75) is 19.3 Å². The van der Waals surface area contributed by atoms with Crippen LogP contribution in [0.25, 0.3) is 72.0 Å². The molecule has 0 atom stereocenters. The Balaban J connectivity index is 1.18. The summed E-state index contributed by atoms with van der Waals surface area (Å²) in [6, 6.07) is 79.9. The van der Waals surface area contributed by atoms with E-state index in [1.54, 1.807) is 0 Å². The zero-order valence-electron chi connectivity index (χ0n) is 33.2. The summed E-state index contributed by atoms with van der Waals surface area (Å²) in [4.78, 5) is 2.51. The molecule has 0 amide bonds. The summed E-state index contributed by atoms with van der Waals surface area (Å²) in [5.41, 5.74) is 19.3. The van der Waals surface area contributed by atoms with E-state index in [9.17, 15) is 0 Å². The summed E-state index contributed by atoms with van der Waals surface area (Å²) in [6.07, 6.45) is 0. The van der Waals surface area contributed by atoms with E-state index in [1.165, 1.54) is 71.9 Å². The first-order valence-electron chi connectivity index (χ1n) is 20.5. The molecule has 0 fully saturated rings. The summed E-state index contributed by atoms with van der Waals surface area (Å²) in [5, 5.41) is 2.42. The molecule has 1 heterocycles. The fourth-order valence-corrected chi connectivity index (χ4v) is 9.63. The number of para-hydroxylation sites is 2. The van der Waals surface area contributed by atoms with Gasteiger partial charge in [-0.2, -0.15) is 0 Å². The zero-order valence-corrected chi connectivity index (χ0v) is 33.2. The van der Waals surface area contributed by atoms with E-state index in [4.69, 9.17) is 0 Å². The van der Waals surface area contributed by atoms with Crippen LogP contribution in [0.1, 0.15) is 25.0 Å². The average molecular weight is 755 g/mol. The van der Waals surface area contributed by atoms with Crippen molar-refractivity contribution in [2.24, 2.45) is 0 Å². The monoisotopic (exact) mass is 754 g/mol. The Labute approximate surface area is 345 Å². The van der Waals surface area contributed by atoms with Gasteiger partial charge in [-0.3, -0.25) is 0 Å². The van der Waals surface area contributed by atoms with Crippen LogP contribution >= 0.6 is 0 Å². The lowest BCUT2D eigenvalue weighted by Gasteiger charge is -2.30. The van der Waals surface area contributed by atoms with Crippen molar-refractivity contribution in [3.8, 4) is 50.2 Å². The first-order valence-corrected chi connectivity index (χ1v) is 20.5. The SMILES string of the molecule is CC1(C)c2ccccc2-c2ccc(N(c3ccccc3-c3ccccc3)c3cccc4c3c3ccccc3n4-c3ccc(-c4ccccc4)c(-c4ccccc4)c3)cc21. The fourth-order valence-electron chi connectivity index (χ4n) is 9.63. The third-order valence-electron chi connectivity index (χ3n) is 12.4. The molecule has 0 bridgehead atoms. The van der Waals surface area contributed by atoms with Gasteiger partial charge in [0.2, 0.25) is 0 Å². The Bertz CT molecular complexity index is 3170. The Morgan fingerprint density at radius 3 is 1.66 bits per heavy atom. The minimum absolute atomic E-state index is 0.142. The normalized spacial score (nSPS) is 12.7. The molecule has 0 spiro atoms. The lowest BCUT2D eigenvalue weighted by Crippen LogP contribution is -2.17. The van der Waals surface area contributed by atoms with E-state index < -0.39 is 0 Å². The third kappa shape index (κ3) is 5.63. The molecule has 0 unspecified atom stereocenters. The predicted molar refractivity (Wildman–Crippen MR) is 249 cm³/mol. The summed E-state index contributed by atoms with van der Waals surface area (Å²) in [5.74, 6) is 0. The van der Waals surface area contributed by atoms with Crippen LogP contribution in [0, 0.1) is 0 Å². The third-order valence-corrected chi connectivity index (χ3v) is 12.4. The first kappa shape index (κ1) is 34.8. The molecule has 0 aliphatic heterocycles. The molecular weight excluding hydrogens is 713 g/mol. The number of nitrogens with zero attached hydrogens (tertiary/aromatic N) is 2. The summed E-state index contributed by atoms with van der Waals surface area (Å²) in [7, 11) is 0. The Morgan fingerprint density at radius 1 is 0.373 bits per heavy atom. The smallest absolute Gasteiger partial charge is 0.0562 e. The molecule has 2 nitrogen and oxygen atoms in total. The van der Waals surface area contributed by atoms with E-state index in [0.29, 0.717) is 0 Å². The number of benzene rings is 9. The van der Waals surface area contributed by atoms with Gasteiger partial charge in [-0.15, -0.1) is 0 Å². The molecular formula is C57H42N2. The Morgan fingerprint density at radius 2 is 0.915 bits per heavy atom. The van der Waals surface area contributed by atoms with Crippen LogP contribution < -0.4 is 4.90 Å². The molecule has 2 heteroatoms. The molecule has 1 aliphatic rings. The lowest BCUT2D eigenvalue weighted by molar-refractivity contribution is 0.660. The molecule has 11 rings (SSSR count). The number of rotatable bonds is 7. The van der Waals surface area contributed by atoms with Crippen LogP contribution in [0.15, 0.2) is 218 Å². The van der Waals surface area contributed by atoms with Gasteiger partial charge in [0.1, 0.15) is 0 Å². The van der Waals surface area contributed by atoms with Gasteiger partial charge in [-0.05, 0) is 98.6 Å². The zero-order chi connectivity index (χ0) is 39.5. The van der Waals surface area contributed by atoms with E-state index in [2.05, 4.69) is 242 Å². The van der Waals surface area contributed by atoms with Gasteiger partial charge in [0.05, 0.1) is 22.4 Å². The van der Waals surface area contributed by atoms with Crippen LogP contribution in [0.5, 0.6) is 0 Å². The molecule has 280 valence electrons. The van der Waals surface area contributed by atoms with Gasteiger partial charge in [0.15, 0.2) is 0 Å². The Kier molecular flexibility index (Phi) is 8.20. The van der Waals surface area contributed by atoms with Gasteiger partial charge in [-0.1, -0.05) is 184 Å². The van der Waals surface area contributed by atoms with Crippen LogP contribution in [-0.2, 0) is 5.41 Å². The highest BCUT2D eigenvalue weighted by molar-refractivity contribution is 6.17. The second kappa shape index (κ2) is 13.9. The number of hydrogen-bond acceptors (Lipinski definition) is 1. The minimum Gasteiger partial charge on any atom is -0.309 e. The summed E-state index contributed by atoms with van der Waals surface area (Å²) in [6.45, 7) is 4.73. The van der Waals surface area contributed by atoms with Gasteiger partial charge < -0.3 is 9.47 Å². The van der Waals surface area contributed by atoms with Crippen LogP contribution in [0.4, 0.5) is 17.1 Å². The van der Waals surface area contributed by atoms with Crippen molar-refractivity contribution in [2.75, 3.05) is 4.90 Å². The fraction of sp³-hybridized carbons (Fsp3) is 0.0526. The van der Waals surface area contributed by atoms with Crippen molar-refractivity contribution in [1.29, 1.82) is 0 Å². The second-order valence-corrected chi connectivity index (χ2v) is 16.1. The van der Waals surface area contributed by atoms with Crippen molar-refractivity contribution in [3.63, 3.8) is 0 Å². The quantitative estimate of drug-likeness (QED) is 0.157. The topological polar surface area (TPSA) is 8.17 Å². The Hall–Kier alpha value is -7.42. The van der Waals surface area contributed by atoms with Crippen LogP contribution in [0.2, 0.25) is 0 Å². The molecule has 0 radical (unpaired) electrons. The van der Waals surface area contributed by atoms with E-state index in [1.807, 2.05) is 0 Å². The minimum atomic E-state index is -0.142. The van der Waals surface area contributed by atoms with Gasteiger partial charge >= 0.3 is 0 Å². The van der Waals surface area contributed by atoms with Gasteiger partial charge in [0, 0.05) is 33.1 Å². The highest BCUT2D eigenvalue weighted by Crippen LogP contribution is 2.52. The van der Waals surface area contributed by atoms with Crippen LogP contribution in [0.3, 0.4) is 0 Å². The molecule has 1 aliphatic carbocycles. The standard InChI is InChI=1S/C57H42N2/c1-57(2)50-28-15-12-26-46(50)47-36-34-43(38-51(47)57)59(52-29-16-13-25-45(52)40-21-8-4-9-22-40)55-32-18-31-54-56(55)48-27-14-17-30-53(48)58(54)42-33-35-44(39-19-6-3-7-20-39)49(37-42)41-23-10-5-11-24-41/h3-38H,1-2H3. The van der Waals surface area contributed by atoms with E-state index in [-0.39, 0.29) is 5.41 Å². The first-order chi connectivity index (χ1) is 29.1. The highest BCUT2D eigenvalue weighted by atomic mass is 15.2. The number of anilines is 3. The molecule has 59 heavy (non-hydrogen) atoms. The second-order valence-electron chi connectivity index (χ2n) is 16.1. The van der Waals surface area contributed by atoms with Crippen molar-refractivity contribution in [1.82, 2.24) is 4.57 Å². The maximum atomic E-state index is 2.51. The number of fused-ring (bicyclic) bond motifs is 6. The van der Waals surface area contributed by atoms with Crippen molar-refractivity contribution in [3.05, 3.63) is 230 Å². The summed E-state index contributed by atoms with van der Waals surface area (Å²) >= 11 is 0. The highest BCUT2D eigenvalue weighted by Gasteiger charge is 2.36. The van der Waals surface area contributed by atoms with Gasteiger partial charge in [-0.25, -0.2) is 0 Å². The van der Waals surface area contributed by atoms with Crippen LogP contribution in [-0.4, -0.2) is 4.57 Å². The number of aromatic nitrogens is 1. The molecule has 0 N–H and O–H groups in total. The molecule has 0 saturated heterocycles. The predicted octanol–water partition coefficient (Wildman–Crippen LogP) is 15.6. The molecule has 10 aromatic rings. The number of hydrogen-bond donors (Lipinski definition) is 0. The van der Waals surface area contributed by atoms with E-state index in [0.717, 1.165) is 28.3 Å². The molecule has 1 aromatic heterocycles.